The molecule has 2 aliphatic carbocycles. The number of nitrogens with zero attached hydrogens (tertiary/aromatic N) is 2. The maximum Gasteiger partial charge on any atom is 0.238 e. The van der Waals surface area contributed by atoms with E-state index in [1.807, 2.05) is 6.92 Å². The molecule has 0 bridgehead atoms. The Bertz CT molecular complexity index is 1510. The van der Waals surface area contributed by atoms with Crippen LogP contribution in [-0.4, -0.2) is 70.6 Å². The van der Waals surface area contributed by atoms with Crippen molar-refractivity contribution in [2.24, 2.45) is 5.14 Å². The summed E-state index contributed by atoms with van der Waals surface area (Å²) in [6.45, 7) is 2.95. The lowest BCUT2D eigenvalue weighted by Crippen LogP contribution is -2.43. The number of ether oxygens (including phenoxy) is 1. The van der Waals surface area contributed by atoms with Gasteiger partial charge in [-0.25, -0.2) is 13.6 Å². The third kappa shape index (κ3) is 7.64. The van der Waals surface area contributed by atoms with E-state index in [1.165, 1.54) is 61.2 Å². The third-order valence-electron chi connectivity index (χ3n) is 7.59. The molecule has 8 nitrogen and oxygen atoms in total. The van der Waals surface area contributed by atoms with Crippen LogP contribution in [0.25, 0.3) is 11.8 Å². The first kappa shape index (κ1) is 30.5. The molecule has 0 saturated heterocycles. The van der Waals surface area contributed by atoms with Crippen molar-refractivity contribution in [2.45, 2.75) is 74.0 Å². The molecule has 2 aliphatic rings. The van der Waals surface area contributed by atoms with E-state index in [4.69, 9.17) is 17.7 Å². The lowest BCUT2D eigenvalue weighted by atomic mass is 9.88. The van der Waals surface area contributed by atoms with Gasteiger partial charge in [-0.05, 0) is 81.8 Å². The van der Waals surface area contributed by atoms with Crippen LogP contribution in [0, 0.1) is 11.8 Å². The molecule has 1 aromatic carbocycles. The van der Waals surface area contributed by atoms with Gasteiger partial charge in [0, 0.05) is 41.0 Å². The molecule has 1 aromatic heterocycles. The monoisotopic (exact) mass is 581 g/mol. The molecule has 2 aromatic rings. The summed E-state index contributed by atoms with van der Waals surface area (Å²) in [5.41, 5.74) is 2.85. The third-order valence-corrected chi connectivity index (χ3v) is 8.68. The Morgan fingerprint density at radius 1 is 1.25 bits per heavy atom. The van der Waals surface area contributed by atoms with Gasteiger partial charge in [0.1, 0.15) is 5.75 Å². The smallest absolute Gasteiger partial charge is 0.238 e. The van der Waals surface area contributed by atoms with Crippen molar-refractivity contribution in [3.05, 3.63) is 40.5 Å². The van der Waals surface area contributed by atoms with Gasteiger partial charge in [-0.3, -0.25) is 0 Å². The summed E-state index contributed by atoms with van der Waals surface area (Å²) in [6, 6.07) is 7.83. The number of nitrogens with one attached hydrogen (secondary N) is 2. The van der Waals surface area contributed by atoms with E-state index < -0.39 is 15.1 Å². The summed E-state index contributed by atoms with van der Waals surface area (Å²) in [4.78, 5) is 2.34. The van der Waals surface area contributed by atoms with Crippen molar-refractivity contribution in [2.75, 3.05) is 33.1 Å². The highest BCUT2D eigenvalue weighted by molar-refractivity contribution is 7.89. The van der Waals surface area contributed by atoms with E-state index >= 15 is 0 Å². The Hall–Kier alpha value is -2.44. The van der Waals surface area contributed by atoms with E-state index in [-0.39, 0.29) is 4.90 Å². The van der Waals surface area contributed by atoms with Crippen LogP contribution in [0.5, 0.6) is 5.75 Å². The van der Waals surface area contributed by atoms with Crippen LogP contribution in [0.3, 0.4) is 0 Å². The number of rotatable bonds is 9. The van der Waals surface area contributed by atoms with Gasteiger partial charge in [0.2, 0.25) is 10.0 Å². The van der Waals surface area contributed by atoms with Gasteiger partial charge in [-0.2, -0.15) is 0 Å². The minimum absolute atomic E-state index is 0.00526. The van der Waals surface area contributed by atoms with Crippen molar-refractivity contribution in [3.8, 4) is 17.6 Å². The number of anilines is 1. The van der Waals surface area contributed by atoms with Crippen LogP contribution in [0.1, 0.15) is 51.1 Å². The van der Waals surface area contributed by atoms with Gasteiger partial charge >= 0.3 is 0 Å². The van der Waals surface area contributed by atoms with Gasteiger partial charge in [0.15, 0.2) is 0 Å². The van der Waals surface area contributed by atoms with Crippen molar-refractivity contribution in [3.63, 3.8) is 0 Å². The first-order valence-corrected chi connectivity index (χ1v) is 15.9. The van der Waals surface area contributed by atoms with Crippen molar-refractivity contribution in [1.82, 2.24) is 14.8 Å². The van der Waals surface area contributed by atoms with Gasteiger partial charge in [0.25, 0.3) is 0 Å². The Kier molecular flexibility index (Phi) is 9.62. The molecule has 1 fully saturated rings. The minimum Gasteiger partial charge on any atom is -0.495 e. The predicted molar refractivity (Wildman–Crippen MR) is 167 cm³/mol. The molecule has 1 heterocycles. The number of fused-ring (bicyclic) bond motifs is 1. The fourth-order valence-corrected chi connectivity index (χ4v) is 6.24. The van der Waals surface area contributed by atoms with Crippen molar-refractivity contribution in [1.29, 1.82) is 0 Å². The van der Waals surface area contributed by atoms with Crippen LogP contribution in [0.4, 0.5) is 5.69 Å². The summed E-state index contributed by atoms with van der Waals surface area (Å²) in [5, 5.41) is 14.3. The maximum atomic E-state index is 11.7. The highest BCUT2D eigenvalue weighted by Crippen LogP contribution is 2.27. The lowest BCUT2D eigenvalue weighted by molar-refractivity contribution is 0.210. The highest BCUT2D eigenvalue weighted by atomic mass is 32.2. The second-order valence-electron chi connectivity index (χ2n) is 11.3. The zero-order valence-electron chi connectivity index (χ0n) is 24.0. The number of primary sulfonamides is 1. The van der Waals surface area contributed by atoms with Crippen molar-refractivity contribution >= 4 is 44.6 Å². The first-order chi connectivity index (χ1) is 18.9. The van der Waals surface area contributed by atoms with Crippen LogP contribution >= 0.6 is 9.24 Å². The molecular weight excluding hydrogens is 540 g/mol. The number of hydrogen-bond donors (Lipinski definition) is 3. The minimum atomic E-state index is -3.82. The molecule has 2 unspecified atom stereocenters. The summed E-state index contributed by atoms with van der Waals surface area (Å²) in [7, 11) is 11.2. The van der Waals surface area contributed by atoms with Gasteiger partial charge in [-0.15, -0.1) is 9.24 Å². The lowest BCUT2D eigenvalue weighted by Gasteiger charge is -2.34. The SMILES string of the molecule is [B]C(C)(P)Cn1c(C#CCNc2ccc(S(N)(=O)=O)cc2OC)cc2c1=CCCC=2NC1CCC(N(C)C)CC1. The van der Waals surface area contributed by atoms with Crippen molar-refractivity contribution < 1.29 is 13.2 Å². The second-order valence-corrected chi connectivity index (χ2v) is 14.2. The van der Waals surface area contributed by atoms with Gasteiger partial charge in [-0.1, -0.05) is 18.9 Å². The predicted octanol–water partition coefficient (Wildman–Crippen LogP) is 1.51. The van der Waals surface area contributed by atoms with E-state index in [0.717, 1.165) is 18.5 Å². The van der Waals surface area contributed by atoms with E-state index in [2.05, 4.69) is 67.4 Å². The molecule has 0 spiro atoms. The highest BCUT2D eigenvalue weighted by Gasteiger charge is 2.24. The fourth-order valence-electron chi connectivity index (χ4n) is 5.53. The molecule has 2 atom stereocenters. The molecule has 40 heavy (non-hydrogen) atoms. The van der Waals surface area contributed by atoms with E-state index in [0.29, 0.717) is 36.6 Å². The normalized spacial score (nSPS) is 20.5. The molecule has 2 radical (unpaired) electrons. The first-order valence-electron chi connectivity index (χ1n) is 13.7. The molecule has 11 heteroatoms. The Balaban J connectivity index is 1.58. The Labute approximate surface area is 242 Å². The van der Waals surface area contributed by atoms with E-state index in [1.54, 1.807) is 6.07 Å². The summed E-state index contributed by atoms with van der Waals surface area (Å²) < 4.78 is 30.9. The summed E-state index contributed by atoms with van der Waals surface area (Å²) in [6.07, 6.45) is 9.06. The molecule has 214 valence electrons. The Morgan fingerprint density at radius 2 is 1.98 bits per heavy atom. The maximum absolute atomic E-state index is 11.7. The van der Waals surface area contributed by atoms with E-state index in [9.17, 15) is 8.42 Å². The second kappa shape index (κ2) is 12.6. The molecule has 0 amide bonds. The van der Waals surface area contributed by atoms with Gasteiger partial charge in [0.05, 0.1) is 37.8 Å². The van der Waals surface area contributed by atoms with Crippen LogP contribution in [0.15, 0.2) is 29.2 Å². The van der Waals surface area contributed by atoms with Gasteiger partial charge < -0.3 is 24.8 Å². The summed E-state index contributed by atoms with van der Waals surface area (Å²) in [5.74, 6) is 6.94. The molecule has 0 aliphatic heterocycles. The number of sulfonamides is 1. The topological polar surface area (TPSA) is 102 Å². The molecule has 4 N–H and O–H groups in total. The largest absolute Gasteiger partial charge is 0.495 e. The fraction of sp³-hybridized carbons (Fsp3) is 0.517. The molecule has 1 saturated carbocycles. The van der Waals surface area contributed by atoms with Crippen LogP contribution in [0.2, 0.25) is 0 Å². The van der Waals surface area contributed by atoms with Crippen LogP contribution in [-0.2, 0) is 16.6 Å². The number of benzene rings is 1. The molecule has 4 rings (SSSR count). The number of hydrogen-bond acceptors (Lipinski definition) is 6. The average Bonchev–Trinajstić information content (AvgIpc) is 3.23. The number of nitrogens with two attached hydrogens (primary N) is 1. The summed E-state index contributed by atoms with van der Waals surface area (Å²) >= 11 is 0. The zero-order valence-corrected chi connectivity index (χ0v) is 25.9. The molecular formula is C29H41BN5O3PS. The standard InChI is InChI=1S/C29H41BN5O3PS/c1-29(30,39)19-35-22(7-6-16-32-26-15-14-23(40(31,36)37)18-28(26)38-4)17-24-25(8-5-9-27(24)35)33-20-10-12-21(13-11-20)34(2)3/h9,14-15,17-18,20-21,32-33H,5,8,10-13,16,19,39H2,1-4H3,(H2,31,36,37). The number of methoxy groups -OCH3 is 1. The average molecular weight is 582 g/mol. The number of aromatic nitrogens is 1. The Morgan fingerprint density at radius 3 is 2.60 bits per heavy atom. The van der Waals surface area contributed by atoms with Crippen LogP contribution < -0.4 is 31.1 Å². The zero-order chi connectivity index (χ0) is 29.1. The quantitative estimate of drug-likeness (QED) is 0.236.